The highest BCUT2D eigenvalue weighted by molar-refractivity contribution is 5.31. The van der Waals surface area contributed by atoms with Crippen molar-refractivity contribution in [1.82, 2.24) is 25.5 Å². The van der Waals surface area contributed by atoms with Crippen molar-refractivity contribution in [3.8, 4) is 0 Å². The van der Waals surface area contributed by atoms with E-state index in [-0.39, 0.29) is 0 Å². The second-order valence-electron chi connectivity index (χ2n) is 11.0. The van der Waals surface area contributed by atoms with Gasteiger partial charge in [0.05, 0.1) is 11.7 Å². The minimum absolute atomic E-state index is 0.364. The standard InChI is InChI=1S/C34H39N5/c1-2-8-31-23-38-32(20-30(31)7-1)25-39(33-11-3-9-29-10-5-18-37-34(29)33)24-28-14-12-27(13-15-28)22-36-19-16-26-6-4-17-35-21-26/h1-2,4-8,10,12-15,17-18,21,32-33,36,38H,3,9,11,16,19-20,22-25H2/t32-,33+/m1/s1. The molecule has 0 unspecified atom stereocenters. The first kappa shape index (κ1) is 25.9. The molecule has 5 heteroatoms. The quantitative estimate of drug-likeness (QED) is 0.276. The third kappa shape index (κ3) is 6.62. The van der Waals surface area contributed by atoms with Crippen LogP contribution < -0.4 is 10.6 Å². The molecule has 4 aromatic rings. The number of benzene rings is 2. The van der Waals surface area contributed by atoms with E-state index in [1.807, 2.05) is 24.7 Å². The summed E-state index contributed by atoms with van der Waals surface area (Å²) >= 11 is 0. The zero-order chi connectivity index (χ0) is 26.3. The normalized spacial score (nSPS) is 18.5. The van der Waals surface area contributed by atoms with E-state index in [2.05, 4.69) is 87.2 Å². The van der Waals surface area contributed by atoms with Crippen molar-refractivity contribution in [3.63, 3.8) is 0 Å². The third-order valence-electron chi connectivity index (χ3n) is 8.28. The summed E-state index contributed by atoms with van der Waals surface area (Å²) in [7, 11) is 0. The van der Waals surface area contributed by atoms with Crippen LogP contribution in [0.4, 0.5) is 0 Å². The third-order valence-corrected chi connectivity index (χ3v) is 8.28. The summed E-state index contributed by atoms with van der Waals surface area (Å²) in [5.74, 6) is 0. The van der Waals surface area contributed by atoms with Gasteiger partial charge in [-0.2, -0.15) is 0 Å². The van der Waals surface area contributed by atoms with E-state index < -0.39 is 0 Å². The summed E-state index contributed by atoms with van der Waals surface area (Å²) in [6.45, 7) is 4.75. The van der Waals surface area contributed by atoms with Gasteiger partial charge in [0.15, 0.2) is 0 Å². The van der Waals surface area contributed by atoms with E-state index in [1.54, 1.807) is 0 Å². The average Bonchev–Trinajstić information content (AvgIpc) is 3.00. The number of nitrogens with zero attached hydrogens (tertiary/aromatic N) is 3. The minimum atomic E-state index is 0.364. The van der Waals surface area contributed by atoms with Gasteiger partial charge < -0.3 is 10.6 Å². The van der Waals surface area contributed by atoms with Crippen LogP contribution in [0.2, 0.25) is 0 Å². The number of pyridine rings is 2. The van der Waals surface area contributed by atoms with Crippen LogP contribution in [0, 0.1) is 0 Å². The maximum absolute atomic E-state index is 4.90. The largest absolute Gasteiger partial charge is 0.312 e. The molecule has 1 aliphatic carbocycles. The van der Waals surface area contributed by atoms with E-state index in [9.17, 15) is 0 Å². The molecule has 39 heavy (non-hydrogen) atoms. The Morgan fingerprint density at radius 2 is 1.67 bits per heavy atom. The van der Waals surface area contributed by atoms with Crippen LogP contribution in [-0.2, 0) is 38.9 Å². The molecule has 1 aliphatic heterocycles. The van der Waals surface area contributed by atoms with Crippen molar-refractivity contribution >= 4 is 0 Å². The maximum Gasteiger partial charge on any atom is 0.0607 e. The lowest BCUT2D eigenvalue weighted by Gasteiger charge is -2.38. The zero-order valence-electron chi connectivity index (χ0n) is 22.7. The fraction of sp³-hybridized carbons (Fsp3) is 0.353. The minimum Gasteiger partial charge on any atom is -0.312 e. The fourth-order valence-electron chi connectivity index (χ4n) is 6.18. The van der Waals surface area contributed by atoms with E-state index in [4.69, 9.17) is 4.98 Å². The van der Waals surface area contributed by atoms with Gasteiger partial charge in [-0.15, -0.1) is 0 Å². The molecule has 0 amide bonds. The molecule has 2 N–H and O–H groups in total. The van der Waals surface area contributed by atoms with Gasteiger partial charge in [0.2, 0.25) is 0 Å². The van der Waals surface area contributed by atoms with Crippen LogP contribution in [0.1, 0.15) is 58.0 Å². The lowest BCUT2D eigenvalue weighted by Crippen LogP contribution is -2.46. The molecule has 200 valence electrons. The first-order chi connectivity index (χ1) is 19.3. The predicted octanol–water partition coefficient (Wildman–Crippen LogP) is 5.40. The highest BCUT2D eigenvalue weighted by Gasteiger charge is 2.30. The maximum atomic E-state index is 4.90. The van der Waals surface area contributed by atoms with E-state index in [0.29, 0.717) is 12.1 Å². The molecule has 5 nitrogen and oxygen atoms in total. The van der Waals surface area contributed by atoms with Gasteiger partial charge in [0.25, 0.3) is 0 Å². The van der Waals surface area contributed by atoms with Crippen molar-refractivity contribution in [1.29, 1.82) is 0 Å². The number of hydrogen-bond donors (Lipinski definition) is 2. The number of nitrogens with one attached hydrogen (secondary N) is 2. The Hall–Kier alpha value is -3.38. The molecule has 0 bridgehead atoms. The van der Waals surface area contributed by atoms with Crippen molar-refractivity contribution in [3.05, 3.63) is 130 Å². The Kier molecular flexibility index (Phi) is 8.39. The van der Waals surface area contributed by atoms with Crippen LogP contribution in [0.15, 0.2) is 91.4 Å². The Bertz CT molecular complexity index is 1340. The smallest absolute Gasteiger partial charge is 0.0607 e. The number of aromatic nitrogens is 2. The molecule has 0 saturated carbocycles. The molecular weight excluding hydrogens is 478 g/mol. The Morgan fingerprint density at radius 1 is 0.846 bits per heavy atom. The van der Waals surface area contributed by atoms with Crippen LogP contribution in [0.25, 0.3) is 0 Å². The van der Waals surface area contributed by atoms with Crippen LogP contribution >= 0.6 is 0 Å². The second kappa shape index (κ2) is 12.6. The molecule has 2 atom stereocenters. The summed E-state index contributed by atoms with van der Waals surface area (Å²) in [5.41, 5.74) is 9.61. The summed E-state index contributed by atoms with van der Waals surface area (Å²) in [4.78, 5) is 11.8. The van der Waals surface area contributed by atoms with Crippen molar-refractivity contribution in [2.45, 2.75) is 63.8 Å². The van der Waals surface area contributed by atoms with E-state index >= 15 is 0 Å². The Balaban J connectivity index is 1.13. The molecular formula is C34H39N5. The number of aryl methyl sites for hydroxylation is 1. The molecule has 0 radical (unpaired) electrons. The SMILES string of the molecule is c1cncc(CCNCc2ccc(CN(C[C@H]3Cc4ccccc4CN3)[C@H]3CCCc4cccnc43)cc2)c1. The Morgan fingerprint density at radius 3 is 2.54 bits per heavy atom. The van der Waals surface area contributed by atoms with Gasteiger partial charge in [0, 0.05) is 50.8 Å². The molecule has 0 fully saturated rings. The zero-order valence-corrected chi connectivity index (χ0v) is 22.7. The van der Waals surface area contributed by atoms with Gasteiger partial charge in [-0.05, 0) is 84.2 Å². The van der Waals surface area contributed by atoms with Gasteiger partial charge >= 0.3 is 0 Å². The van der Waals surface area contributed by atoms with Gasteiger partial charge in [-0.25, -0.2) is 0 Å². The molecule has 3 heterocycles. The molecule has 6 rings (SSSR count). The molecule has 0 spiro atoms. The summed E-state index contributed by atoms with van der Waals surface area (Å²) in [6.07, 6.45) is 11.4. The first-order valence-electron chi connectivity index (χ1n) is 14.5. The summed E-state index contributed by atoms with van der Waals surface area (Å²) in [6, 6.07) is 27.4. The fourth-order valence-corrected chi connectivity index (χ4v) is 6.18. The highest BCUT2D eigenvalue weighted by atomic mass is 15.2. The predicted molar refractivity (Wildman–Crippen MR) is 157 cm³/mol. The number of fused-ring (bicyclic) bond motifs is 2. The molecule has 2 aliphatic rings. The topological polar surface area (TPSA) is 53.1 Å². The van der Waals surface area contributed by atoms with Gasteiger partial charge in [-0.3, -0.25) is 14.9 Å². The average molecular weight is 518 g/mol. The van der Waals surface area contributed by atoms with Crippen LogP contribution in [0.5, 0.6) is 0 Å². The molecule has 0 saturated heterocycles. The molecule has 2 aromatic heterocycles. The Labute approximate surface area is 232 Å². The van der Waals surface area contributed by atoms with Gasteiger partial charge in [-0.1, -0.05) is 60.7 Å². The van der Waals surface area contributed by atoms with Crippen LogP contribution in [0.3, 0.4) is 0 Å². The first-order valence-corrected chi connectivity index (χ1v) is 14.5. The lowest BCUT2D eigenvalue weighted by atomic mass is 9.89. The van der Waals surface area contributed by atoms with Crippen LogP contribution in [-0.4, -0.2) is 34.0 Å². The van der Waals surface area contributed by atoms with Crippen molar-refractivity contribution in [2.24, 2.45) is 0 Å². The number of hydrogen-bond acceptors (Lipinski definition) is 5. The summed E-state index contributed by atoms with van der Waals surface area (Å²) < 4.78 is 0. The van der Waals surface area contributed by atoms with Crippen molar-refractivity contribution in [2.75, 3.05) is 13.1 Å². The summed E-state index contributed by atoms with van der Waals surface area (Å²) in [5, 5.41) is 7.41. The lowest BCUT2D eigenvalue weighted by molar-refractivity contribution is 0.145. The van der Waals surface area contributed by atoms with E-state index in [0.717, 1.165) is 52.0 Å². The van der Waals surface area contributed by atoms with Gasteiger partial charge in [0.1, 0.15) is 0 Å². The second-order valence-corrected chi connectivity index (χ2v) is 11.0. The highest BCUT2D eigenvalue weighted by Crippen LogP contribution is 2.34. The van der Waals surface area contributed by atoms with E-state index in [1.165, 1.54) is 51.9 Å². The molecule has 2 aromatic carbocycles. The van der Waals surface area contributed by atoms with Crippen molar-refractivity contribution < 1.29 is 0 Å². The monoisotopic (exact) mass is 517 g/mol. The number of rotatable bonds is 10.